The van der Waals surface area contributed by atoms with Gasteiger partial charge in [0.2, 0.25) is 0 Å². The van der Waals surface area contributed by atoms with Crippen molar-refractivity contribution < 1.29 is 19.3 Å². The second kappa shape index (κ2) is 6.58. The molecule has 2 aromatic rings. The zero-order valence-corrected chi connectivity index (χ0v) is 9.89. The highest BCUT2D eigenvalue weighted by atomic mass is 16.7. The van der Waals surface area contributed by atoms with Crippen LogP contribution in [-0.2, 0) is 19.3 Å². The van der Waals surface area contributed by atoms with E-state index in [2.05, 4.69) is 40.6 Å². The van der Waals surface area contributed by atoms with Gasteiger partial charge in [0.25, 0.3) is 11.9 Å². The third kappa shape index (κ3) is 3.87. The lowest BCUT2D eigenvalue weighted by Crippen LogP contribution is -2.25. The Hall–Kier alpha value is -3.30. The highest BCUT2D eigenvalue weighted by molar-refractivity contribution is 6.29. The van der Waals surface area contributed by atoms with Gasteiger partial charge in [0.05, 0.1) is 0 Å². The third-order valence-electron chi connectivity index (χ3n) is 1.77. The summed E-state index contributed by atoms with van der Waals surface area (Å²) in [6, 6.07) is 3.15. The van der Waals surface area contributed by atoms with Gasteiger partial charge in [-0.3, -0.25) is 0 Å². The van der Waals surface area contributed by atoms with Crippen molar-refractivity contribution in [1.82, 2.24) is 19.9 Å². The van der Waals surface area contributed by atoms with Crippen molar-refractivity contribution in [2.45, 2.75) is 0 Å². The summed E-state index contributed by atoms with van der Waals surface area (Å²) in [5, 5.41) is 0. The molecular formula is C10H8N6O4. The summed E-state index contributed by atoms with van der Waals surface area (Å²) in [6.45, 7) is 0. The van der Waals surface area contributed by atoms with Crippen molar-refractivity contribution in [3.63, 3.8) is 0 Å². The van der Waals surface area contributed by atoms with Crippen LogP contribution in [0.4, 0.5) is 11.9 Å². The van der Waals surface area contributed by atoms with Crippen molar-refractivity contribution in [1.29, 1.82) is 0 Å². The minimum Gasteiger partial charge on any atom is -0.329 e. The van der Waals surface area contributed by atoms with E-state index in [0.717, 1.165) is 0 Å². The molecule has 0 bridgehead atoms. The average Bonchev–Trinajstić information content (AvgIpc) is 2.52. The van der Waals surface area contributed by atoms with E-state index < -0.39 is 11.9 Å². The van der Waals surface area contributed by atoms with E-state index in [1.165, 1.54) is 24.8 Å². The Morgan fingerprint density at radius 3 is 1.45 bits per heavy atom. The highest BCUT2D eigenvalue weighted by Gasteiger charge is 2.19. The molecule has 0 aliphatic heterocycles. The van der Waals surface area contributed by atoms with E-state index in [1.54, 1.807) is 12.1 Å². The number of carbonyl (C=O) groups excluding carboxylic acids is 2. The fourth-order valence-corrected chi connectivity index (χ4v) is 0.971. The molecule has 0 aliphatic rings. The van der Waals surface area contributed by atoms with Gasteiger partial charge in [0.1, 0.15) is 0 Å². The first-order valence-corrected chi connectivity index (χ1v) is 5.24. The molecule has 2 rings (SSSR count). The summed E-state index contributed by atoms with van der Waals surface area (Å²) in [7, 11) is 0. The van der Waals surface area contributed by atoms with Crippen LogP contribution in [0.2, 0.25) is 0 Å². The van der Waals surface area contributed by atoms with Gasteiger partial charge < -0.3 is 9.68 Å². The van der Waals surface area contributed by atoms with Gasteiger partial charge in [-0.1, -0.05) is 0 Å². The Bertz CT molecular complexity index is 525. The zero-order chi connectivity index (χ0) is 14.2. The Labute approximate surface area is 112 Å². The van der Waals surface area contributed by atoms with Crippen molar-refractivity contribution in [3.8, 4) is 0 Å². The second-order valence-electron chi connectivity index (χ2n) is 3.13. The standard InChI is InChI=1S/C10H8N6O4/c17-7(19-15-9-11-3-1-4-12-9)8(18)20-16-10-13-5-2-6-14-10/h1-6H,(H,11,12,15)(H,13,14,16). The highest BCUT2D eigenvalue weighted by Crippen LogP contribution is 1.97. The third-order valence-corrected chi connectivity index (χ3v) is 1.77. The van der Waals surface area contributed by atoms with Crippen LogP contribution in [0.3, 0.4) is 0 Å². The normalized spacial score (nSPS) is 9.40. The van der Waals surface area contributed by atoms with Crippen molar-refractivity contribution >= 4 is 23.8 Å². The largest absolute Gasteiger partial charge is 0.443 e. The van der Waals surface area contributed by atoms with E-state index in [1.807, 2.05) is 0 Å². The lowest BCUT2D eigenvalue weighted by Gasteiger charge is -2.05. The number of aromatic nitrogens is 4. The van der Waals surface area contributed by atoms with Crippen LogP contribution in [0.1, 0.15) is 0 Å². The van der Waals surface area contributed by atoms with Gasteiger partial charge in [-0.05, 0) is 12.1 Å². The van der Waals surface area contributed by atoms with Crippen LogP contribution in [0.15, 0.2) is 36.9 Å². The molecule has 10 heteroatoms. The maximum atomic E-state index is 11.2. The predicted octanol–water partition coefficient (Wildman–Crippen LogP) is -0.293. The summed E-state index contributed by atoms with van der Waals surface area (Å²) in [6.07, 6.45) is 5.71. The lowest BCUT2D eigenvalue weighted by atomic mass is 10.7. The summed E-state index contributed by atoms with van der Waals surface area (Å²) >= 11 is 0. The number of anilines is 2. The summed E-state index contributed by atoms with van der Waals surface area (Å²) < 4.78 is 0. The van der Waals surface area contributed by atoms with E-state index in [9.17, 15) is 9.59 Å². The SMILES string of the molecule is O=C(ONc1ncccn1)C(=O)ONc1ncccn1. The fraction of sp³-hybridized carbons (Fsp3) is 0. The van der Waals surface area contributed by atoms with Gasteiger partial charge in [-0.25, -0.2) is 29.5 Å². The van der Waals surface area contributed by atoms with E-state index in [0.29, 0.717) is 0 Å². The molecule has 0 saturated heterocycles. The van der Waals surface area contributed by atoms with Crippen molar-refractivity contribution in [3.05, 3.63) is 36.9 Å². The average molecular weight is 276 g/mol. The van der Waals surface area contributed by atoms with Crippen LogP contribution >= 0.6 is 0 Å². The molecule has 0 fully saturated rings. The molecule has 0 aliphatic carbocycles. The molecule has 10 nitrogen and oxygen atoms in total. The van der Waals surface area contributed by atoms with Crippen LogP contribution in [0, 0.1) is 0 Å². The van der Waals surface area contributed by atoms with Crippen molar-refractivity contribution in [2.75, 3.05) is 11.0 Å². The van der Waals surface area contributed by atoms with Crippen LogP contribution < -0.4 is 11.0 Å². The molecule has 2 heterocycles. The summed E-state index contributed by atoms with van der Waals surface area (Å²) in [5.41, 5.74) is 4.18. The second-order valence-corrected chi connectivity index (χ2v) is 3.13. The molecule has 102 valence electrons. The quantitative estimate of drug-likeness (QED) is 0.567. The summed E-state index contributed by atoms with van der Waals surface area (Å²) in [4.78, 5) is 46.2. The van der Waals surface area contributed by atoms with Gasteiger partial charge in [-0.15, -0.1) is 0 Å². The van der Waals surface area contributed by atoms with Crippen LogP contribution in [0.5, 0.6) is 0 Å². The van der Waals surface area contributed by atoms with Gasteiger partial charge >= 0.3 is 11.9 Å². The topological polar surface area (TPSA) is 128 Å². The van der Waals surface area contributed by atoms with E-state index in [4.69, 9.17) is 0 Å². The van der Waals surface area contributed by atoms with Crippen molar-refractivity contribution in [2.24, 2.45) is 0 Å². The van der Waals surface area contributed by atoms with Gasteiger partial charge in [-0.2, -0.15) is 11.0 Å². The van der Waals surface area contributed by atoms with Gasteiger partial charge in [0, 0.05) is 24.8 Å². The van der Waals surface area contributed by atoms with Gasteiger partial charge in [0.15, 0.2) is 0 Å². The molecule has 0 spiro atoms. The Balaban J connectivity index is 1.76. The number of nitrogens with zero attached hydrogens (tertiary/aromatic N) is 4. The first kappa shape index (κ1) is 13.1. The Kier molecular flexibility index (Phi) is 4.33. The molecule has 0 saturated carbocycles. The molecule has 20 heavy (non-hydrogen) atoms. The Morgan fingerprint density at radius 1 is 0.750 bits per heavy atom. The molecular weight excluding hydrogens is 268 g/mol. The molecule has 0 amide bonds. The first-order valence-electron chi connectivity index (χ1n) is 5.24. The minimum atomic E-state index is -1.29. The molecule has 2 N–H and O–H groups in total. The molecule has 0 unspecified atom stereocenters. The molecule has 0 atom stereocenters. The van der Waals surface area contributed by atoms with Crippen LogP contribution in [0.25, 0.3) is 0 Å². The number of hydrogen-bond acceptors (Lipinski definition) is 10. The number of rotatable bonds is 4. The van der Waals surface area contributed by atoms with E-state index in [-0.39, 0.29) is 11.9 Å². The minimum absolute atomic E-state index is 0.0213. The Morgan fingerprint density at radius 2 is 1.10 bits per heavy atom. The maximum absolute atomic E-state index is 11.2. The zero-order valence-electron chi connectivity index (χ0n) is 9.89. The monoisotopic (exact) mass is 276 g/mol. The van der Waals surface area contributed by atoms with Crippen LogP contribution in [-0.4, -0.2) is 31.9 Å². The maximum Gasteiger partial charge on any atom is 0.443 e. The predicted molar refractivity (Wildman–Crippen MR) is 63.5 cm³/mol. The molecule has 0 aromatic carbocycles. The number of carbonyl (C=O) groups is 2. The lowest BCUT2D eigenvalue weighted by molar-refractivity contribution is -0.164. The number of nitrogens with one attached hydrogen (secondary N) is 2. The van der Waals surface area contributed by atoms with E-state index >= 15 is 0 Å². The summed E-state index contributed by atoms with van der Waals surface area (Å²) in [5.74, 6) is -2.54. The number of hydrogen-bond donors (Lipinski definition) is 2. The fourth-order valence-electron chi connectivity index (χ4n) is 0.971. The first-order chi connectivity index (χ1) is 9.75. The molecule has 2 aromatic heterocycles. The smallest absolute Gasteiger partial charge is 0.329 e. The molecule has 0 radical (unpaired) electrons.